The second kappa shape index (κ2) is 12.1. The molecule has 0 aromatic rings. The number of carbonyl (C=O) groups excluding carboxylic acids is 1. The van der Waals surface area contributed by atoms with E-state index >= 15 is 0 Å². The Bertz CT molecular complexity index is 369. The Morgan fingerprint density at radius 1 is 1.00 bits per heavy atom. The summed E-state index contributed by atoms with van der Waals surface area (Å²) in [6, 6.07) is -0.188. The van der Waals surface area contributed by atoms with Crippen molar-refractivity contribution < 1.29 is 9.90 Å². The Morgan fingerprint density at radius 3 is 1.96 bits per heavy atom. The first-order valence-electron chi connectivity index (χ1n) is 10.3. The van der Waals surface area contributed by atoms with Crippen molar-refractivity contribution in [2.45, 2.75) is 95.6 Å². The van der Waals surface area contributed by atoms with E-state index in [0.29, 0.717) is 18.3 Å². The summed E-state index contributed by atoms with van der Waals surface area (Å²) < 4.78 is 0. The fraction of sp³-hybridized carbons (Fsp3) is 0.950. The third kappa shape index (κ3) is 7.84. The van der Waals surface area contributed by atoms with Gasteiger partial charge in [0.1, 0.15) is 0 Å². The molecule has 2 aliphatic carbocycles. The van der Waals surface area contributed by atoms with E-state index in [2.05, 4.69) is 5.32 Å². The number of amides is 1. The average Bonchev–Trinajstić information content (AvgIpc) is 2.62. The van der Waals surface area contributed by atoms with Gasteiger partial charge in [0.15, 0.2) is 0 Å². The van der Waals surface area contributed by atoms with E-state index in [1.165, 1.54) is 64.2 Å². The zero-order valence-electron chi connectivity index (χ0n) is 15.9. The molecule has 4 N–H and O–H groups in total. The van der Waals surface area contributed by atoms with Gasteiger partial charge < -0.3 is 16.2 Å². The maximum atomic E-state index is 12.3. The maximum absolute atomic E-state index is 12.3. The van der Waals surface area contributed by atoms with Crippen LogP contribution in [0, 0.1) is 17.8 Å². The molecule has 2 saturated carbocycles. The lowest BCUT2D eigenvalue weighted by Crippen LogP contribution is -2.41. The van der Waals surface area contributed by atoms with E-state index in [1.54, 1.807) is 7.05 Å². The van der Waals surface area contributed by atoms with Crippen molar-refractivity contribution in [2.24, 2.45) is 23.5 Å². The minimum absolute atomic E-state index is 0. The van der Waals surface area contributed by atoms with Gasteiger partial charge in [0.05, 0.1) is 6.10 Å². The van der Waals surface area contributed by atoms with E-state index < -0.39 is 6.10 Å². The van der Waals surface area contributed by atoms with Gasteiger partial charge in [-0.25, -0.2) is 0 Å². The Kier molecular flexibility index (Phi) is 11.0. The average molecular weight is 375 g/mol. The molecule has 2 aliphatic rings. The normalized spacial score (nSPS) is 23.3. The van der Waals surface area contributed by atoms with Gasteiger partial charge in [-0.15, -0.1) is 12.4 Å². The van der Waals surface area contributed by atoms with Crippen molar-refractivity contribution in [1.82, 2.24) is 5.32 Å². The van der Waals surface area contributed by atoms with Gasteiger partial charge in [0.2, 0.25) is 5.91 Å². The molecule has 0 aliphatic heterocycles. The van der Waals surface area contributed by atoms with Gasteiger partial charge in [-0.2, -0.15) is 0 Å². The number of aliphatic hydroxyl groups is 1. The van der Waals surface area contributed by atoms with Crippen LogP contribution in [0.4, 0.5) is 0 Å². The lowest BCUT2D eigenvalue weighted by molar-refractivity contribution is -0.126. The molecule has 2 unspecified atom stereocenters. The molecular formula is C20H39ClN2O2. The second-order valence-electron chi connectivity index (χ2n) is 8.26. The van der Waals surface area contributed by atoms with E-state index in [4.69, 9.17) is 5.73 Å². The highest BCUT2D eigenvalue weighted by atomic mass is 35.5. The van der Waals surface area contributed by atoms with E-state index in [9.17, 15) is 9.90 Å². The summed E-state index contributed by atoms with van der Waals surface area (Å²) in [6.07, 6.45) is 14.6. The van der Waals surface area contributed by atoms with Crippen LogP contribution < -0.4 is 11.1 Å². The highest BCUT2D eigenvalue weighted by Gasteiger charge is 2.29. The summed E-state index contributed by atoms with van der Waals surface area (Å²) in [7, 11) is 1.70. The first-order chi connectivity index (χ1) is 11.6. The molecule has 0 radical (unpaired) electrons. The van der Waals surface area contributed by atoms with E-state index in [-0.39, 0.29) is 30.3 Å². The number of hydrogen-bond donors (Lipinski definition) is 3. The smallest absolute Gasteiger partial charge is 0.222 e. The number of aliphatic hydroxyl groups excluding tert-OH is 1. The Morgan fingerprint density at radius 2 is 1.48 bits per heavy atom. The molecule has 4 nitrogen and oxygen atoms in total. The molecule has 0 heterocycles. The van der Waals surface area contributed by atoms with Crippen LogP contribution in [0.5, 0.6) is 0 Å². The van der Waals surface area contributed by atoms with Gasteiger partial charge in [0.25, 0.3) is 0 Å². The molecule has 2 rings (SSSR count). The summed E-state index contributed by atoms with van der Waals surface area (Å²) in [6.45, 7) is 0. The molecule has 0 saturated heterocycles. The fourth-order valence-corrected chi connectivity index (χ4v) is 4.77. The van der Waals surface area contributed by atoms with Gasteiger partial charge in [-0.1, -0.05) is 64.2 Å². The lowest BCUT2D eigenvalue weighted by atomic mass is 9.79. The van der Waals surface area contributed by atoms with Gasteiger partial charge >= 0.3 is 0 Å². The zero-order chi connectivity index (χ0) is 17.4. The first kappa shape index (κ1) is 22.7. The van der Waals surface area contributed by atoms with Gasteiger partial charge in [-0.3, -0.25) is 4.79 Å². The number of rotatable bonds is 8. The third-order valence-electron chi connectivity index (χ3n) is 6.31. The molecule has 148 valence electrons. The minimum atomic E-state index is -0.558. The molecule has 25 heavy (non-hydrogen) atoms. The molecule has 5 heteroatoms. The van der Waals surface area contributed by atoms with Crippen LogP contribution in [0.15, 0.2) is 0 Å². The zero-order valence-corrected chi connectivity index (χ0v) is 16.7. The van der Waals surface area contributed by atoms with Crippen molar-refractivity contribution >= 4 is 18.3 Å². The lowest BCUT2D eigenvalue weighted by Gasteiger charge is -2.30. The van der Waals surface area contributed by atoms with Gasteiger partial charge in [0, 0.05) is 19.0 Å². The monoisotopic (exact) mass is 374 g/mol. The highest BCUT2D eigenvalue weighted by molar-refractivity contribution is 5.85. The number of nitrogens with one attached hydrogen (secondary N) is 1. The molecule has 0 aromatic heterocycles. The summed E-state index contributed by atoms with van der Waals surface area (Å²) in [4.78, 5) is 12.3. The van der Waals surface area contributed by atoms with Gasteiger partial charge in [-0.05, 0) is 31.1 Å². The predicted octanol–water partition coefficient (Wildman–Crippen LogP) is 3.79. The van der Waals surface area contributed by atoms with Crippen LogP contribution in [-0.2, 0) is 4.79 Å². The van der Waals surface area contributed by atoms with Crippen LogP contribution in [0.3, 0.4) is 0 Å². The van der Waals surface area contributed by atoms with E-state index in [1.807, 2.05) is 0 Å². The summed E-state index contributed by atoms with van der Waals surface area (Å²) in [5.74, 6) is 1.29. The van der Waals surface area contributed by atoms with Crippen molar-refractivity contribution in [3.8, 4) is 0 Å². The van der Waals surface area contributed by atoms with Crippen molar-refractivity contribution in [2.75, 3.05) is 7.05 Å². The number of carbonyl (C=O) groups is 1. The van der Waals surface area contributed by atoms with E-state index in [0.717, 1.165) is 12.8 Å². The summed E-state index contributed by atoms with van der Waals surface area (Å²) in [5.41, 5.74) is 6.29. The third-order valence-corrected chi connectivity index (χ3v) is 6.31. The quantitative estimate of drug-likeness (QED) is 0.605. The first-order valence-corrected chi connectivity index (χ1v) is 10.3. The standard InChI is InChI=1S/C20H38N2O2.ClH/c1-22-20(24)17(12-15-8-4-2-5-9-15)14-19(23)18(21)13-16-10-6-3-7-11-16;/h15-19,23H,2-14,21H2,1H3,(H,22,24);1H/t17?,18?,19-;/m0./s1. The van der Waals surface area contributed by atoms with Crippen LogP contribution in [0.1, 0.15) is 83.5 Å². The molecule has 3 atom stereocenters. The Balaban J connectivity index is 0.00000312. The molecule has 0 bridgehead atoms. The highest BCUT2D eigenvalue weighted by Crippen LogP contribution is 2.32. The fourth-order valence-electron chi connectivity index (χ4n) is 4.77. The largest absolute Gasteiger partial charge is 0.391 e. The molecule has 0 spiro atoms. The van der Waals surface area contributed by atoms with Crippen molar-refractivity contribution in [3.05, 3.63) is 0 Å². The molecule has 0 aromatic carbocycles. The predicted molar refractivity (Wildman–Crippen MR) is 106 cm³/mol. The van der Waals surface area contributed by atoms with Crippen LogP contribution >= 0.6 is 12.4 Å². The Labute approximate surface area is 160 Å². The van der Waals surface area contributed by atoms with Crippen LogP contribution in [0.2, 0.25) is 0 Å². The number of halogens is 1. The summed E-state index contributed by atoms with van der Waals surface area (Å²) >= 11 is 0. The topological polar surface area (TPSA) is 75.3 Å². The molecular weight excluding hydrogens is 336 g/mol. The molecule has 2 fully saturated rings. The number of nitrogens with two attached hydrogens (primary N) is 1. The van der Waals surface area contributed by atoms with Crippen LogP contribution in [0.25, 0.3) is 0 Å². The number of hydrogen-bond acceptors (Lipinski definition) is 3. The molecule has 1 amide bonds. The summed E-state index contributed by atoms with van der Waals surface area (Å²) in [5, 5.41) is 13.4. The Hall–Kier alpha value is -0.320. The van der Waals surface area contributed by atoms with Crippen LogP contribution in [-0.4, -0.2) is 30.2 Å². The van der Waals surface area contributed by atoms with Crippen molar-refractivity contribution in [3.63, 3.8) is 0 Å². The SMILES string of the molecule is CNC(=O)C(CC1CCCCC1)C[C@H](O)C(N)CC1CCCCC1.Cl. The minimum Gasteiger partial charge on any atom is -0.391 e. The second-order valence-corrected chi connectivity index (χ2v) is 8.26. The maximum Gasteiger partial charge on any atom is 0.222 e. The van der Waals surface area contributed by atoms with Crippen molar-refractivity contribution in [1.29, 1.82) is 0 Å².